The van der Waals surface area contributed by atoms with Gasteiger partial charge in [0.1, 0.15) is 23.4 Å². The van der Waals surface area contributed by atoms with E-state index in [1.54, 1.807) is 49.6 Å². The lowest BCUT2D eigenvalue weighted by atomic mass is 9.88. The van der Waals surface area contributed by atoms with E-state index < -0.39 is 22.7 Å². The highest BCUT2D eigenvalue weighted by atomic mass is 79.9. The molecular weight excluding hydrogens is 508 g/mol. The molecule has 1 unspecified atom stereocenters. The van der Waals surface area contributed by atoms with Crippen molar-refractivity contribution in [3.8, 4) is 28.4 Å². The maximum atomic E-state index is 13.1. The van der Waals surface area contributed by atoms with Crippen molar-refractivity contribution in [3.05, 3.63) is 75.8 Å². The number of hydrogen-bond donors (Lipinski definition) is 1. The Morgan fingerprint density at radius 3 is 2.62 bits per heavy atom. The minimum atomic E-state index is -3.78. The Hall–Kier alpha value is -2.69. The van der Waals surface area contributed by atoms with Crippen LogP contribution in [0.5, 0.6) is 17.2 Å². The number of methoxy groups -OCH3 is 1. The smallest absolute Gasteiger partial charge is 0.387 e. The van der Waals surface area contributed by atoms with Crippen LogP contribution < -0.4 is 19.3 Å². The zero-order chi connectivity index (χ0) is 23.0. The first kappa shape index (κ1) is 22.5. The molecule has 1 atom stereocenters. The second-order valence-electron chi connectivity index (χ2n) is 7.16. The van der Waals surface area contributed by atoms with Crippen LogP contribution in [-0.2, 0) is 15.8 Å². The lowest BCUT2D eigenvalue weighted by Crippen LogP contribution is -2.18. The average Bonchev–Trinajstić information content (AvgIpc) is 2.71. The van der Waals surface area contributed by atoms with Crippen molar-refractivity contribution in [3.63, 3.8) is 0 Å². The van der Waals surface area contributed by atoms with Gasteiger partial charge in [0.05, 0.1) is 18.4 Å². The van der Waals surface area contributed by atoms with E-state index in [4.69, 9.17) is 19.3 Å². The number of hydrogen-bond acceptors (Lipinski definition) is 5. The van der Waals surface area contributed by atoms with Gasteiger partial charge in [-0.2, -0.15) is 8.78 Å². The van der Waals surface area contributed by atoms with Gasteiger partial charge >= 0.3 is 6.61 Å². The molecule has 1 aliphatic heterocycles. The molecule has 168 valence electrons. The van der Waals surface area contributed by atoms with Gasteiger partial charge in [-0.05, 0) is 35.4 Å². The summed E-state index contributed by atoms with van der Waals surface area (Å²) in [4.78, 5) is 0. The Bertz CT molecular complexity index is 1280. The fraction of sp³-hybridized carbons (Fsp3) is 0.182. The molecule has 0 bridgehead atoms. The van der Waals surface area contributed by atoms with Gasteiger partial charge in [0.2, 0.25) is 10.0 Å². The molecule has 2 N–H and O–H groups in total. The fourth-order valence-corrected chi connectivity index (χ4v) is 4.79. The zero-order valence-corrected chi connectivity index (χ0v) is 19.1. The second-order valence-corrected chi connectivity index (χ2v) is 9.69. The van der Waals surface area contributed by atoms with Gasteiger partial charge in [-0.25, -0.2) is 13.6 Å². The predicted molar refractivity (Wildman–Crippen MR) is 118 cm³/mol. The maximum Gasteiger partial charge on any atom is 0.387 e. The van der Waals surface area contributed by atoms with E-state index in [1.165, 1.54) is 6.07 Å². The van der Waals surface area contributed by atoms with Gasteiger partial charge in [0.25, 0.3) is 0 Å². The standard InChI is InChI=1S/C22H18BrF2NO5S/c1-29-15-4-2-3-13(8-15)21-17-7-12(11-32(26,27)28)5-6-16(17)20-18(30-21)9-14(23)10-19(20)31-22(24)25/h2-10,21-22H,11H2,1H3,(H2,26,27,28). The monoisotopic (exact) mass is 525 g/mol. The molecule has 1 heterocycles. The number of fused-ring (bicyclic) bond motifs is 3. The minimum absolute atomic E-state index is 0.0612. The molecule has 1 aliphatic rings. The van der Waals surface area contributed by atoms with Crippen LogP contribution in [-0.4, -0.2) is 22.1 Å². The van der Waals surface area contributed by atoms with Crippen molar-refractivity contribution in [1.29, 1.82) is 0 Å². The van der Waals surface area contributed by atoms with E-state index in [9.17, 15) is 17.2 Å². The largest absolute Gasteiger partial charge is 0.497 e. The first-order chi connectivity index (χ1) is 15.1. The lowest BCUT2D eigenvalue weighted by molar-refractivity contribution is -0.0496. The van der Waals surface area contributed by atoms with Gasteiger partial charge in [-0.1, -0.05) is 46.3 Å². The van der Waals surface area contributed by atoms with E-state index in [0.29, 0.717) is 38.2 Å². The highest BCUT2D eigenvalue weighted by Gasteiger charge is 2.31. The second kappa shape index (κ2) is 8.68. The third-order valence-corrected chi connectivity index (χ3v) is 6.12. The van der Waals surface area contributed by atoms with Gasteiger partial charge in [0, 0.05) is 15.6 Å². The molecule has 0 saturated carbocycles. The first-order valence-corrected chi connectivity index (χ1v) is 11.9. The van der Waals surface area contributed by atoms with Gasteiger partial charge in [0.15, 0.2) is 0 Å². The Balaban J connectivity index is 1.94. The van der Waals surface area contributed by atoms with E-state index in [1.807, 2.05) is 6.07 Å². The lowest BCUT2D eigenvalue weighted by Gasteiger charge is -2.31. The van der Waals surface area contributed by atoms with Crippen LogP contribution >= 0.6 is 15.9 Å². The number of sulfonamides is 1. The summed E-state index contributed by atoms with van der Waals surface area (Å²) in [6, 6.07) is 15.2. The van der Waals surface area contributed by atoms with Gasteiger partial charge < -0.3 is 14.2 Å². The predicted octanol–water partition coefficient (Wildman–Crippen LogP) is 5.00. The van der Waals surface area contributed by atoms with Crippen LogP contribution in [0, 0.1) is 0 Å². The van der Waals surface area contributed by atoms with Crippen LogP contribution in [0.15, 0.2) is 59.1 Å². The van der Waals surface area contributed by atoms with Gasteiger partial charge in [-0.15, -0.1) is 0 Å². The van der Waals surface area contributed by atoms with E-state index >= 15 is 0 Å². The summed E-state index contributed by atoms with van der Waals surface area (Å²) >= 11 is 3.31. The summed E-state index contributed by atoms with van der Waals surface area (Å²) in [5, 5.41) is 5.22. The molecule has 0 aromatic heterocycles. The molecule has 0 fully saturated rings. The molecule has 4 rings (SSSR count). The molecule has 0 spiro atoms. The Labute approximate surface area is 192 Å². The number of halogens is 3. The quantitative estimate of drug-likeness (QED) is 0.489. The molecule has 0 radical (unpaired) electrons. The fourth-order valence-electron chi connectivity index (χ4n) is 3.73. The molecule has 3 aromatic carbocycles. The molecule has 3 aromatic rings. The Kier molecular flexibility index (Phi) is 6.11. The first-order valence-electron chi connectivity index (χ1n) is 9.37. The number of primary sulfonamides is 1. The zero-order valence-electron chi connectivity index (χ0n) is 16.7. The van der Waals surface area contributed by atoms with Crippen molar-refractivity contribution < 1.29 is 31.4 Å². The number of alkyl halides is 2. The highest BCUT2D eigenvalue weighted by molar-refractivity contribution is 9.10. The van der Waals surface area contributed by atoms with Crippen LogP contribution in [0.4, 0.5) is 8.78 Å². The van der Waals surface area contributed by atoms with Crippen molar-refractivity contribution in [2.75, 3.05) is 7.11 Å². The summed E-state index contributed by atoms with van der Waals surface area (Å²) in [7, 11) is -2.24. The third kappa shape index (κ3) is 4.72. The Morgan fingerprint density at radius 1 is 1.16 bits per heavy atom. The molecule has 0 amide bonds. The van der Waals surface area contributed by atoms with E-state index in [-0.39, 0.29) is 11.5 Å². The minimum Gasteiger partial charge on any atom is -0.497 e. The Morgan fingerprint density at radius 2 is 1.94 bits per heavy atom. The summed E-state index contributed by atoms with van der Waals surface area (Å²) < 4.78 is 66.3. The number of ether oxygens (including phenoxy) is 3. The summed E-state index contributed by atoms with van der Waals surface area (Å²) in [6.45, 7) is -3.03. The van der Waals surface area contributed by atoms with Crippen LogP contribution in [0.2, 0.25) is 0 Å². The van der Waals surface area contributed by atoms with Crippen molar-refractivity contribution >= 4 is 26.0 Å². The van der Waals surface area contributed by atoms with Crippen molar-refractivity contribution in [1.82, 2.24) is 0 Å². The summed E-state index contributed by atoms with van der Waals surface area (Å²) in [5.74, 6) is 0.511. The molecule has 0 saturated heterocycles. The van der Waals surface area contributed by atoms with Crippen LogP contribution in [0.1, 0.15) is 22.8 Å². The van der Waals surface area contributed by atoms with Crippen molar-refractivity contribution in [2.45, 2.75) is 18.5 Å². The number of benzene rings is 3. The normalized spacial score (nSPS) is 15.0. The summed E-state index contributed by atoms with van der Waals surface area (Å²) in [5.41, 5.74) is 2.71. The summed E-state index contributed by atoms with van der Waals surface area (Å²) in [6.07, 6.45) is -0.651. The molecule has 6 nitrogen and oxygen atoms in total. The number of rotatable bonds is 6. The van der Waals surface area contributed by atoms with E-state index in [2.05, 4.69) is 15.9 Å². The number of nitrogens with two attached hydrogens (primary N) is 1. The molecular formula is C22H18BrF2NO5S. The molecule has 32 heavy (non-hydrogen) atoms. The maximum absolute atomic E-state index is 13.1. The average molecular weight is 526 g/mol. The third-order valence-electron chi connectivity index (χ3n) is 4.92. The molecule has 10 heteroatoms. The van der Waals surface area contributed by atoms with Gasteiger partial charge in [-0.3, -0.25) is 0 Å². The van der Waals surface area contributed by atoms with E-state index in [0.717, 1.165) is 5.56 Å². The van der Waals surface area contributed by atoms with Crippen molar-refractivity contribution in [2.24, 2.45) is 5.14 Å². The van der Waals surface area contributed by atoms with Crippen LogP contribution in [0.3, 0.4) is 0 Å². The van der Waals surface area contributed by atoms with Crippen LogP contribution in [0.25, 0.3) is 11.1 Å². The molecule has 0 aliphatic carbocycles. The topological polar surface area (TPSA) is 87.8 Å². The SMILES string of the molecule is COc1cccc(C2Oc3cc(Br)cc(OC(F)F)c3-c3ccc(CS(N)(=O)=O)cc32)c1. The highest BCUT2D eigenvalue weighted by Crippen LogP contribution is 2.51.